The minimum absolute atomic E-state index is 0.230. The normalized spacial score (nSPS) is 11.2. The molecule has 0 aliphatic rings. The third-order valence-electron chi connectivity index (χ3n) is 3.59. The van der Waals surface area contributed by atoms with E-state index in [0.29, 0.717) is 21.8 Å². The first-order chi connectivity index (χ1) is 12.4. The number of H-pyrrole nitrogens is 1. The SMILES string of the molecule is Cn1c(CNC(=O)/C=C/c2ccc(-n3cc(Br)cn3)c(F)c2)n[nH]c1=S. The van der Waals surface area contributed by atoms with Crippen molar-refractivity contribution in [1.29, 1.82) is 0 Å². The molecule has 10 heteroatoms. The first kappa shape index (κ1) is 18.2. The molecule has 2 aromatic heterocycles. The highest BCUT2D eigenvalue weighted by molar-refractivity contribution is 9.10. The zero-order valence-electron chi connectivity index (χ0n) is 13.6. The van der Waals surface area contributed by atoms with Crippen molar-refractivity contribution >= 4 is 40.1 Å². The highest BCUT2D eigenvalue weighted by atomic mass is 79.9. The van der Waals surface area contributed by atoms with E-state index in [9.17, 15) is 9.18 Å². The third-order valence-corrected chi connectivity index (χ3v) is 4.36. The first-order valence-electron chi connectivity index (χ1n) is 7.50. The Labute approximate surface area is 161 Å². The van der Waals surface area contributed by atoms with E-state index in [2.05, 4.69) is 36.5 Å². The molecule has 134 valence electrons. The number of halogens is 2. The van der Waals surface area contributed by atoms with E-state index in [4.69, 9.17) is 12.2 Å². The number of nitrogens with zero attached hydrogens (tertiary/aromatic N) is 4. The largest absolute Gasteiger partial charge is 0.345 e. The fourth-order valence-corrected chi connectivity index (χ4v) is 2.62. The highest BCUT2D eigenvalue weighted by Gasteiger charge is 2.07. The van der Waals surface area contributed by atoms with Gasteiger partial charge in [0.15, 0.2) is 10.6 Å². The second-order valence-electron chi connectivity index (χ2n) is 5.37. The number of hydrogen-bond donors (Lipinski definition) is 2. The van der Waals surface area contributed by atoms with Crippen LogP contribution in [0.5, 0.6) is 0 Å². The van der Waals surface area contributed by atoms with Gasteiger partial charge in [-0.1, -0.05) is 6.07 Å². The van der Waals surface area contributed by atoms with Crippen LogP contribution in [0.4, 0.5) is 4.39 Å². The van der Waals surface area contributed by atoms with Crippen LogP contribution in [0.15, 0.2) is 41.1 Å². The van der Waals surface area contributed by atoms with Crippen molar-refractivity contribution in [1.82, 2.24) is 29.9 Å². The maximum Gasteiger partial charge on any atom is 0.244 e. The molecule has 0 aliphatic carbocycles. The summed E-state index contributed by atoms with van der Waals surface area (Å²) in [5.74, 6) is -0.151. The number of amides is 1. The molecule has 3 rings (SSSR count). The highest BCUT2D eigenvalue weighted by Crippen LogP contribution is 2.17. The van der Waals surface area contributed by atoms with Crippen LogP contribution in [0.2, 0.25) is 0 Å². The molecule has 2 N–H and O–H groups in total. The maximum atomic E-state index is 14.3. The Hall–Kier alpha value is -2.59. The fraction of sp³-hybridized carbons (Fsp3) is 0.125. The van der Waals surface area contributed by atoms with Gasteiger partial charge in [-0.25, -0.2) is 9.07 Å². The van der Waals surface area contributed by atoms with Crippen LogP contribution in [0, 0.1) is 10.6 Å². The minimum Gasteiger partial charge on any atom is -0.345 e. The molecule has 3 aromatic rings. The van der Waals surface area contributed by atoms with Gasteiger partial charge < -0.3 is 9.88 Å². The molecule has 0 unspecified atom stereocenters. The van der Waals surface area contributed by atoms with Crippen molar-refractivity contribution in [3.63, 3.8) is 0 Å². The van der Waals surface area contributed by atoms with Gasteiger partial charge in [-0.2, -0.15) is 10.2 Å². The Morgan fingerprint density at radius 1 is 1.50 bits per heavy atom. The molecule has 0 atom stereocenters. The molecular weight excluding hydrogens is 423 g/mol. The second kappa shape index (κ2) is 7.75. The lowest BCUT2D eigenvalue weighted by Gasteiger charge is -2.04. The van der Waals surface area contributed by atoms with Gasteiger partial charge in [0, 0.05) is 19.3 Å². The Kier molecular flexibility index (Phi) is 5.43. The second-order valence-corrected chi connectivity index (χ2v) is 6.67. The lowest BCUT2D eigenvalue weighted by atomic mass is 10.2. The van der Waals surface area contributed by atoms with E-state index in [-0.39, 0.29) is 12.5 Å². The zero-order chi connectivity index (χ0) is 18.7. The Morgan fingerprint density at radius 2 is 2.31 bits per heavy atom. The summed E-state index contributed by atoms with van der Waals surface area (Å²) in [6.07, 6.45) is 6.10. The van der Waals surface area contributed by atoms with Gasteiger partial charge in [-0.05, 0) is 51.9 Å². The van der Waals surface area contributed by atoms with Gasteiger partial charge in [0.25, 0.3) is 0 Å². The van der Waals surface area contributed by atoms with E-state index in [1.165, 1.54) is 22.9 Å². The van der Waals surface area contributed by atoms with Gasteiger partial charge in [-0.15, -0.1) is 0 Å². The summed E-state index contributed by atoms with van der Waals surface area (Å²) in [6, 6.07) is 4.64. The molecular formula is C16H14BrFN6OS. The standard InChI is InChI=1S/C16H14BrFN6OS/c1-23-14(21-22-16(23)26)8-19-15(25)5-3-10-2-4-13(12(18)6-10)24-9-11(17)7-20-24/h2-7,9H,8H2,1H3,(H,19,25)(H,22,26)/b5-3+. The van der Waals surface area contributed by atoms with Crippen LogP contribution in [0.3, 0.4) is 0 Å². The molecule has 1 aromatic carbocycles. The molecule has 0 aliphatic heterocycles. The molecule has 0 fully saturated rings. The van der Waals surface area contributed by atoms with Crippen molar-refractivity contribution in [2.75, 3.05) is 0 Å². The number of aromatic nitrogens is 5. The number of carbonyl (C=O) groups excluding carboxylic acids is 1. The predicted molar refractivity (Wildman–Crippen MR) is 100 cm³/mol. The summed E-state index contributed by atoms with van der Waals surface area (Å²) in [4.78, 5) is 11.9. The number of aromatic amines is 1. The van der Waals surface area contributed by atoms with Crippen LogP contribution in [0.1, 0.15) is 11.4 Å². The number of nitrogens with one attached hydrogen (secondary N) is 2. The molecule has 0 saturated heterocycles. The van der Waals surface area contributed by atoms with E-state index in [0.717, 1.165) is 4.47 Å². The summed E-state index contributed by atoms with van der Waals surface area (Å²) in [5, 5.41) is 13.4. The number of carbonyl (C=O) groups is 1. The van der Waals surface area contributed by atoms with Gasteiger partial charge >= 0.3 is 0 Å². The van der Waals surface area contributed by atoms with Gasteiger partial charge in [0.2, 0.25) is 5.91 Å². The van der Waals surface area contributed by atoms with Gasteiger partial charge in [-0.3, -0.25) is 9.89 Å². The average molecular weight is 437 g/mol. The quantitative estimate of drug-likeness (QED) is 0.475. The lowest BCUT2D eigenvalue weighted by Crippen LogP contribution is -2.22. The summed E-state index contributed by atoms with van der Waals surface area (Å²) < 4.78 is 18.6. The van der Waals surface area contributed by atoms with Gasteiger partial charge in [0.05, 0.1) is 17.2 Å². The van der Waals surface area contributed by atoms with Crippen molar-refractivity contribution in [3.05, 3.63) is 63.1 Å². The van der Waals surface area contributed by atoms with Crippen molar-refractivity contribution in [3.8, 4) is 5.69 Å². The zero-order valence-corrected chi connectivity index (χ0v) is 16.0. The lowest BCUT2D eigenvalue weighted by molar-refractivity contribution is -0.116. The molecule has 2 heterocycles. The van der Waals surface area contributed by atoms with Crippen molar-refractivity contribution in [2.45, 2.75) is 6.54 Å². The molecule has 0 saturated carbocycles. The summed E-state index contributed by atoms with van der Waals surface area (Å²) in [6.45, 7) is 0.230. The molecule has 0 radical (unpaired) electrons. The summed E-state index contributed by atoms with van der Waals surface area (Å²) >= 11 is 8.27. The predicted octanol–water partition coefficient (Wildman–Crippen LogP) is 2.89. The van der Waals surface area contributed by atoms with Crippen molar-refractivity contribution in [2.24, 2.45) is 7.05 Å². The number of hydrogen-bond acceptors (Lipinski definition) is 4. The summed E-state index contributed by atoms with van der Waals surface area (Å²) in [5.41, 5.74) is 0.883. The molecule has 7 nitrogen and oxygen atoms in total. The van der Waals surface area contributed by atoms with E-state index < -0.39 is 5.82 Å². The Balaban J connectivity index is 1.64. The molecule has 0 bridgehead atoms. The fourth-order valence-electron chi connectivity index (χ4n) is 2.18. The van der Waals surface area contributed by atoms with Crippen LogP contribution in [0.25, 0.3) is 11.8 Å². The number of rotatable bonds is 5. The van der Waals surface area contributed by atoms with Gasteiger partial charge in [0.1, 0.15) is 11.5 Å². The summed E-state index contributed by atoms with van der Waals surface area (Å²) in [7, 11) is 1.76. The van der Waals surface area contributed by atoms with Crippen LogP contribution >= 0.6 is 28.1 Å². The van der Waals surface area contributed by atoms with Crippen LogP contribution in [-0.4, -0.2) is 30.5 Å². The first-order valence-corrected chi connectivity index (χ1v) is 8.70. The van der Waals surface area contributed by atoms with E-state index in [1.807, 2.05) is 0 Å². The molecule has 0 spiro atoms. The minimum atomic E-state index is -0.440. The average Bonchev–Trinajstić information content (AvgIpc) is 3.18. The van der Waals surface area contributed by atoms with E-state index in [1.54, 1.807) is 36.1 Å². The monoisotopic (exact) mass is 436 g/mol. The Bertz CT molecular complexity index is 1040. The maximum absolute atomic E-state index is 14.3. The van der Waals surface area contributed by atoms with E-state index >= 15 is 0 Å². The number of benzene rings is 1. The van der Waals surface area contributed by atoms with Crippen LogP contribution < -0.4 is 5.32 Å². The molecule has 26 heavy (non-hydrogen) atoms. The topological polar surface area (TPSA) is 80.5 Å². The Morgan fingerprint density at radius 3 is 2.92 bits per heavy atom. The van der Waals surface area contributed by atoms with Crippen molar-refractivity contribution < 1.29 is 9.18 Å². The smallest absolute Gasteiger partial charge is 0.244 e. The third kappa shape index (κ3) is 4.14. The van der Waals surface area contributed by atoms with Crippen LogP contribution in [-0.2, 0) is 18.4 Å². The molecule has 1 amide bonds.